The number of hydrogen-bond acceptors (Lipinski definition) is 3. The van der Waals surface area contributed by atoms with E-state index in [-0.39, 0.29) is 11.8 Å². The average molecular weight is 228 g/mol. The van der Waals surface area contributed by atoms with Crippen molar-refractivity contribution in [1.29, 1.82) is 0 Å². The van der Waals surface area contributed by atoms with Crippen LogP contribution in [0, 0.1) is 5.92 Å². The van der Waals surface area contributed by atoms with E-state index in [1.54, 1.807) is 6.92 Å². The summed E-state index contributed by atoms with van der Waals surface area (Å²) in [5, 5.41) is 13.1. The van der Waals surface area contributed by atoms with Crippen molar-refractivity contribution in [2.24, 2.45) is 11.7 Å². The molecule has 0 radical (unpaired) electrons. The molecule has 0 spiro atoms. The molecule has 1 aliphatic carbocycles. The molecule has 1 amide bonds. The molecule has 4 N–H and O–H groups in total. The zero-order valence-corrected chi connectivity index (χ0v) is 10.2. The van der Waals surface area contributed by atoms with Crippen molar-refractivity contribution in [1.82, 2.24) is 5.32 Å². The third kappa shape index (κ3) is 4.10. The van der Waals surface area contributed by atoms with E-state index in [4.69, 9.17) is 5.73 Å². The van der Waals surface area contributed by atoms with Crippen LogP contribution in [0.1, 0.15) is 45.4 Å². The Labute approximate surface area is 97.6 Å². The average Bonchev–Trinajstić information content (AvgIpc) is 2.50. The lowest BCUT2D eigenvalue weighted by atomic mass is 9.94. The van der Waals surface area contributed by atoms with Gasteiger partial charge in [0.15, 0.2) is 0 Å². The Morgan fingerprint density at radius 3 is 2.44 bits per heavy atom. The fraction of sp³-hybridized carbons (Fsp3) is 0.917. The summed E-state index contributed by atoms with van der Waals surface area (Å²) in [6.45, 7) is 2.52. The summed E-state index contributed by atoms with van der Waals surface area (Å²) >= 11 is 0. The van der Waals surface area contributed by atoms with Crippen molar-refractivity contribution in [2.75, 3.05) is 13.1 Å². The minimum atomic E-state index is -0.694. The number of carbonyl (C=O) groups excluding carboxylic acids is 1. The number of rotatable bonds is 4. The second-order valence-electron chi connectivity index (χ2n) is 4.99. The summed E-state index contributed by atoms with van der Waals surface area (Å²) in [6, 6.07) is 0. The molecular formula is C12H24N2O2. The van der Waals surface area contributed by atoms with Crippen LogP contribution in [-0.4, -0.2) is 29.7 Å². The molecule has 94 valence electrons. The highest BCUT2D eigenvalue weighted by molar-refractivity contribution is 5.78. The van der Waals surface area contributed by atoms with Gasteiger partial charge in [-0.1, -0.05) is 32.6 Å². The molecule has 0 aliphatic heterocycles. The molecule has 1 rings (SSSR count). The first kappa shape index (κ1) is 13.5. The summed E-state index contributed by atoms with van der Waals surface area (Å²) in [4.78, 5) is 11.5. The quantitative estimate of drug-likeness (QED) is 0.622. The summed E-state index contributed by atoms with van der Waals surface area (Å²) in [5.74, 6) is -0.227. The monoisotopic (exact) mass is 228 g/mol. The van der Waals surface area contributed by atoms with E-state index in [1.807, 2.05) is 0 Å². The molecule has 0 saturated heterocycles. The van der Waals surface area contributed by atoms with Gasteiger partial charge >= 0.3 is 0 Å². The lowest BCUT2D eigenvalue weighted by Crippen LogP contribution is -2.45. The second kappa shape index (κ2) is 6.21. The molecule has 0 aromatic rings. The van der Waals surface area contributed by atoms with Gasteiger partial charge in [0, 0.05) is 19.0 Å². The molecule has 1 aliphatic rings. The number of carbonyl (C=O) groups is 1. The van der Waals surface area contributed by atoms with Crippen molar-refractivity contribution in [3.8, 4) is 0 Å². The highest BCUT2D eigenvalue weighted by Gasteiger charge is 2.28. The molecule has 1 unspecified atom stereocenters. The zero-order chi connectivity index (χ0) is 12.0. The van der Waals surface area contributed by atoms with Crippen LogP contribution in [0.3, 0.4) is 0 Å². The highest BCUT2D eigenvalue weighted by atomic mass is 16.3. The Balaban J connectivity index is 2.37. The van der Waals surface area contributed by atoms with Crippen molar-refractivity contribution in [3.63, 3.8) is 0 Å². The Morgan fingerprint density at radius 2 is 1.94 bits per heavy atom. The van der Waals surface area contributed by atoms with Gasteiger partial charge in [0.1, 0.15) is 0 Å². The molecule has 0 bridgehead atoms. The first-order valence-electron chi connectivity index (χ1n) is 6.27. The van der Waals surface area contributed by atoms with Crippen LogP contribution < -0.4 is 11.1 Å². The molecule has 0 heterocycles. The molecule has 1 saturated carbocycles. The van der Waals surface area contributed by atoms with Gasteiger partial charge in [0.25, 0.3) is 0 Å². The third-order valence-corrected chi connectivity index (χ3v) is 3.43. The van der Waals surface area contributed by atoms with Crippen LogP contribution >= 0.6 is 0 Å². The third-order valence-electron chi connectivity index (χ3n) is 3.43. The normalized spacial score (nSPS) is 22.2. The van der Waals surface area contributed by atoms with Gasteiger partial charge in [-0.15, -0.1) is 0 Å². The fourth-order valence-corrected chi connectivity index (χ4v) is 2.10. The Morgan fingerprint density at radius 1 is 1.38 bits per heavy atom. The van der Waals surface area contributed by atoms with Crippen LogP contribution in [-0.2, 0) is 4.79 Å². The topological polar surface area (TPSA) is 75.4 Å². The Kier molecular flexibility index (Phi) is 5.22. The Hall–Kier alpha value is -0.610. The fourth-order valence-electron chi connectivity index (χ4n) is 2.10. The van der Waals surface area contributed by atoms with Gasteiger partial charge in [0.2, 0.25) is 5.91 Å². The maximum absolute atomic E-state index is 11.5. The van der Waals surface area contributed by atoms with Gasteiger partial charge in [-0.05, 0) is 12.8 Å². The Bertz CT molecular complexity index is 223. The number of hydrogen-bond donors (Lipinski definition) is 3. The lowest BCUT2D eigenvalue weighted by Gasteiger charge is -2.27. The number of nitrogens with one attached hydrogen (secondary N) is 1. The number of aliphatic hydroxyl groups is 1. The smallest absolute Gasteiger partial charge is 0.224 e. The van der Waals surface area contributed by atoms with Crippen molar-refractivity contribution >= 4 is 5.91 Å². The van der Waals surface area contributed by atoms with E-state index in [0.717, 1.165) is 25.7 Å². The van der Waals surface area contributed by atoms with E-state index in [1.165, 1.54) is 12.8 Å². The summed E-state index contributed by atoms with van der Waals surface area (Å²) in [7, 11) is 0. The van der Waals surface area contributed by atoms with E-state index >= 15 is 0 Å². The highest BCUT2D eigenvalue weighted by Crippen LogP contribution is 2.26. The molecule has 4 nitrogen and oxygen atoms in total. The summed E-state index contributed by atoms with van der Waals surface area (Å²) in [6.07, 6.45) is 6.08. The van der Waals surface area contributed by atoms with E-state index in [0.29, 0.717) is 13.1 Å². The number of amides is 1. The molecule has 4 heteroatoms. The first-order valence-corrected chi connectivity index (χ1v) is 6.27. The van der Waals surface area contributed by atoms with E-state index < -0.39 is 5.60 Å². The molecule has 1 atom stereocenters. The maximum Gasteiger partial charge on any atom is 0.224 e. The number of nitrogens with two attached hydrogens (primary N) is 1. The van der Waals surface area contributed by atoms with Gasteiger partial charge in [-0.2, -0.15) is 0 Å². The van der Waals surface area contributed by atoms with Crippen molar-refractivity contribution < 1.29 is 9.90 Å². The van der Waals surface area contributed by atoms with Crippen molar-refractivity contribution in [2.45, 2.75) is 51.0 Å². The maximum atomic E-state index is 11.5. The van der Waals surface area contributed by atoms with Crippen LogP contribution in [0.15, 0.2) is 0 Å². The minimum Gasteiger partial charge on any atom is -0.388 e. The SMILES string of the molecule is CC(CN)C(=O)NCC1(O)CCCCCC1. The molecule has 0 aromatic heterocycles. The summed E-state index contributed by atoms with van der Waals surface area (Å²) in [5.41, 5.74) is 4.72. The van der Waals surface area contributed by atoms with Gasteiger partial charge in [-0.3, -0.25) is 4.79 Å². The van der Waals surface area contributed by atoms with E-state index in [9.17, 15) is 9.90 Å². The van der Waals surface area contributed by atoms with E-state index in [2.05, 4.69) is 5.32 Å². The van der Waals surface area contributed by atoms with Crippen LogP contribution in [0.5, 0.6) is 0 Å². The minimum absolute atomic E-state index is 0.0554. The standard InChI is InChI=1S/C12H24N2O2/c1-10(8-13)11(15)14-9-12(16)6-4-2-3-5-7-12/h10,16H,2-9,13H2,1H3,(H,14,15). The lowest BCUT2D eigenvalue weighted by molar-refractivity contribution is -0.125. The second-order valence-corrected chi connectivity index (χ2v) is 4.99. The largest absolute Gasteiger partial charge is 0.388 e. The molecular weight excluding hydrogens is 204 g/mol. The van der Waals surface area contributed by atoms with Gasteiger partial charge in [0.05, 0.1) is 5.60 Å². The van der Waals surface area contributed by atoms with Crippen LogP contribution in [0.4, 0.5) is 0 Å². The van der Waals surface area contributed by atoms with Crippen LogP contribution in [0.2, 0.25) is 0 Å². The predicted molar refractivity (Wildman–Crippen MR) is 63.9 cm³/mol. The van der Waals surface area contributed by atoms with Crippen LogP contribution in [0.25, 0.3) is 0 Å². The van der Waals surface area contributed by atoms with Gasteiger partial charge < -0.3 is 16.2 Å². The molecule has 16 heavy (non-hydrogen) atoms. The first-order chi connectivity index (χ1) is 7.57. The molecule has 1 fully saturated rings. The van der Waals surface area contributed by atoms with Gasteiger partial charge in [-0.25, -0.2) is 0 Å². The zero-order valence-electron chi connectivity index (χ0n) is 10.2. The predicted octanol–water partition coefficient (Wildman–Crippen LogP) is 0.783. The van der Waals surface area contributed by atoms with Crippen molar-refractivity contribution in [3.05, 3.63) is 0 Å². The molecule has 0 aromatic carbocycles. The summed E-state index contributed by atoms with van der Waals surface area (Å²) < 4.78 is 0.